The van der Waals surface area contributed by atoms with Crippen LogP contribution >= 0.6 is 39.1 Å². The molecule has 1 atom stereocenters. The molecule has 2 nitrogen and oxygen atoms in total. The van der Waals surface area contributed by atoms with Crippen molar-refractivity contribution in [1.29, 1.82) is 0 Å². The van der Waals surface area contributed by atoms with Crippen molar-refractivity contribution in [3.05, 3.63) is 56.5 Å². The Morgan fingerprint density at radius 1 is 1.10 bits per heavy atom. The van der Waals surface area contributed by atoms with Crippen molar-refractivity contribution in [2.75, 3.05) is 14.2 Å². The number of methoxy groups -OCH3 is 2. The second-order valence-electron chi connectivity index (χ2n) is 4.58. The standard InChI is InChI=1S/C16H15BrCl2O2/c1-9-4-5-10(8-12(9)18)15(19)11-6-7-13(20-2)14(17)16(11)21-3/h4-8,15H,1-3H3. The zero-order valence-corrected chi connectivity index (χ0v) is 15.0. The molecule has 1 unspecified atom stereocenters. The fraction of sp³-hybridized carbons (Fsp3) is 0.250. The minimum atomic E-state index is -0.361. The Hall–Kier alpha value is -0.900. The van der Waals surface area contributed by atoms with Crippen molar-refractivity contribution < 1.29 is 9.47 Å². The highest BCUT2D eigenvalue weighted by molar-refractivity contribution is 9.10. The molecule has 0 fully saturated rings. The van der Waals surface area contributed by atoms with Crippen LogP contribution in [-0.4, -0.2) is 14.2 Å². The summed E-state index contributed by atoms with van der Waals surface area (Å²) in [5, 5.41) is 0.338. The molecule has 21 heavy (non-hydrogen) atoms. The van der Waals surface area contributed by atoms with E-state index in [0.717, 1.165) is 21.2 Å². The monoisotopic (exact) mass is 388 g/mol. The lowest BCUT2D eigenvalue weighted by Crippen LogP contribution is -2.00. The zero-order chi connectivity index (χ0) is 15.6. The average Bonchev–Trinajstić information content (AvgIpc) is 2.49. The van der Waals surface area contributed by atoms with Gasteiger partial charge in [-0.15, -0.1) is 11.6 Å². The van der Waals surface area contributed by atoms with E-state index in [1.165, 1.54) is 0 Å². The van der Waals surface area contributed by atoms with E-state index in [4.69, 9.17) is 32.7 Å². The van der Waals surface area contributed by atoms with Gasteiger partial charge in [0.05, 0.1) is 19.6 Å². The lowest BCUT2D eigenvalue weighted by atomic mass is 10.0. The Morgan fingerprint density at radius 3 is 2.38 bits per heavy atom. The Labute approximate surface area is 143 Å². The van der Waals surface area contributed by atoms with Gasteiger partial charge in [-0.05, 0) is 52.2 Å². The number of hydrogen-bond acceptors (Lipinski definition) is 2. The van der Waals surface area contributed by atoms with Crippen molar-refractivity contribution in [2.45, 2.75) is 12.3 Å². The maximum atomic E-state index is 6.61. The molecule has 5 heteroatoms. The van der Waals surface area contributed by atoms with E-state index in [2.05, 4.69) is 15.9 Å². The number of halogens is 3. The van der Waals surface area contributed by atoms with Gasteiger partial charge in [0, 0.05) is 10.6 Å². The number of rotatable bonds is 4. The van der Waals surface area contributed by atoms with Crippen LogP contribution in [-0.2, 0) is 0 Å². The smallest absolute Gasteiger partial charge is 0.141 e. The van der Waals surface area contributed by atoms with Gasteiger partial charge in [0.2, 0.25) is 0 Å². The predicted molar refractivity (Wildman–Crippen MR) is 91.1 cm³/mol. The fourth-order valence-electron chi connectivity index (χ4n) is 2.06. The van der Waals surface area contributed by atoms with Crippen LogP contribution in [0, 0.1) is 6.92 Å². The minimum absolute atomic E-state index is 0.361. The lowest BCUT2D eigenvalue weighted by Gasteiger charge is -2.18. The highest BCUT2D eigenvalue weighted by Gasteiger charge is 2.20. The quantitative estimate of drug-likeness (QED) is 0.619. The molecule has 0 radical (unpaired) electrons. The molecule has 0 aliphatic carbocycles. The summed E-state index contributed by atoms with van der Waals surface area (Å²) in [7, 11) is 3.21. The predicted octanol–water partition coefficient (Wildman–Crippen LogP) is 5.76. The van der Waals surface area contributed by atoms with Crippen LogP contribution in [0.1, 0.15) is 22.1 Å². The van der Waals surface area contributed by atoms with Gasteiger partial charge in [-0.25, -0.2) is 0 Å². The van der Waals surface area contributed by atoms with E-state index < -0.39 is 0 Å². The van der Waals surface area contributed by atoms with Crippen molar-refractivity contribution in [3.8, 4) is 11.5 Å². The third-order valence-electron chi connectivity index (χ3n) is 3.28. The maximum Gasteiger partial charge on any atom is 0.141 e. The van der Waals surface area contributed by atoms with E-state index in [0.29, 0.717) is 16.5 Å². The molecular weight excluding hydrogens is 375 g/mol. The molecule has 0 saturated heterocycles. The minimum Gasteiger partial charge on any atom is -0.495 e. The molecule has 0 aromatic heterocycles. The van der Waals surface area contributed by atoms with E-state index >= 15 is 0 Å². The summed E-state index contributed by atoms with van der Waals surface area (Å²) in [5.41, 5.74) is 2.79. The summed E-state index contributed by atoms with van der Waals surface area (Å²) in [5.74, 6) is 1.35. The molecule has 0 aliphatic rings. The first-order valence-corrected chi connectivity index (χ1v) is 7.90. The first kappa shape index (κ1) is 16.5. The normalized spacial score (nSPS) is 12.1. The summed E-state index contributed by atoms with van der Waals surface area (Å²) in [6, 6.07) is 9.56. The third-order valence-corrected chi connectivity index (χ3v) is 4.92. The first-order valence-electron chi connectivity index (χ1n) is 6.30. The average molecular weight is 390 g/mol. The van der Waals surface area contributed by atoms with E-state index in [1.807, 2.05) is 37.3 Å². The zero-order valence-electron chi connectivity index (χ0n) is 11.9. The van der Waals surface area contributed by atoms with Crippen LogP contribution in [0.25, 0.3) is 0 Å². The third kappa shape index (κ3) is 3.31. The first-order chi connectivity index (χ1) is 9.99. The molecule has 2 aromatic carbocycles. The van der Waals surface area contributed by atoms with Crippen LogP contribution in [0.2, 0.25) is 5.02 Å². The summed E-state index contributed by atoms with van der Waals surface area (Å²) in [6.07, 6.45) is 0. The van der Waals surface area contributed by atoms with E-state index in [1.54, 1.807) is 14.2 Å². The molecule has 0 spiro atoms. The fourth-order valence-corrected chi connectivity index (χ4v) is 3.25. The SMILES string of the molecule is COc1ccc(C(Cl)c2ccc(C)c(Cl)c2)c(OC)c1Br. The van der Waals surface area contributed by atoms with Crippen molar-refractivity contribution in [1.82, 2.24) is 0 Å². The second-order valence-corrected chi connectivity index (χ2v) is 6.21. The number of benzene rings is 2. The van der Waals surface area contributed by atoms with Gasteiger partial charge in [0.15, 0.2) is 0 Å². The number of alkyl halides is 1. The van der Waals surface area contributed by atoms with E-state index in [9.17, 15) is 0 Å². The largest absolute Gasteiger partial charge is 0.495 e. The molecule has 0 amide bonds. The van der Waals surface area contributed by atoms with E-state index in [-0.39, 0.29) is 5.38 Å². The van der Waals surface area contributed by atoms with Gasteiger partial charge in [0.25, 0.3) is 0 Å². The highest BCUT2D eigenvalue weighted by atomic mass is 79.9. The van der Waals surface area contributed by atoms with Crippen LogP contribution in [0.15, 0.2) is 34.8 Å². The summed E-state index contributed by atoms with van der Waals surface area (Å²) in [4.78, 5) is 0. The Kier molecular flexibility index (Phi) is 5.42. The topological polar surface area (TPSA) is 18.5 Å². The molecule has 112 valence electrons. The lowest BCUT2D eigenvalue weighted by molar-refractivity contribution is 0.386. The molecule has 2 rings (SSSR count). The van der Waals surface area contributed by atoms with Gasteiger partial charge >= 0.3 is 0 Å². The number of hydrogen-bond donors (Lipinski definition) is 0. The number of ether oxygens (including phenoxy) is 2. The van der Waals surface area contributed by atoms with Crippen molar-refractivity contribution in [2.24, 2.45) is 0 Å². The Balaban J connectivity index is 2.50. The second kappa shape index (κ2) is 6.91. The Bertz CT molecular complexity index is 659. The molecular formula is C16H15BrCl2O2. The van der Waals surface area contributed by atoms with Gasteiger partial charge in [-0.1, -0.05) is 23.7 Å². The molecule has 0 heterocycles. The molecule has 0 N–H and O–H groups in total. The van der Waals surface area contributed by atoms with Gasteiger partial charge in [0.1, 0.15) is 16.0 Å². The van der Waals surface area contributed by atoms with Crippen LogP contribution in [0.4, 0.5) is 0 Å². The molecule has 0 aliphatic heterocycles. The maximum absolute atomic E-state index is 6.61. The van der Waals surface area contributed by atoms with Crippen LogP contribution < -0.4 is 9.47 Å². The van der Waals surface area contributed by atoms with Crippen molar-refractivity contribution in [3.63, 3.8) is 0 Å². The summed E-state index contributed by atoms with van der Waals surface area (Å²) in [6.45, 7) is 1.96. The highest BCUT2D eigenvalue weighted by Crippen LogP contribution is 2.43. The summed E-state index contributed by atoms with van der Waals surface area (Å²) < 4.78 is 11.5. The van der Waals surface area contributed by atoms with Crippen molar-refractivity contribution >= 4 is 39.1 Å². The Morgan fingerprint density at radius 2 is 1.81 bits per heavy atom. The van der Waals surface area contributed by atoms with Crippen LogP contribution in [0.5, 0.6) is 11.5 Å². The van der Waals surface area contributed by atoms with Gasteiger partial charge in [-0.3, -0.25) is 0 Å². The summed E-state index contributed by atoms with van der Waals surface area (Å²) >= 11 is 16.3. The number of aryl methyl sites for hydroxylation is 1. The van der Waals surface area contributed by atoms with Gasteiger partial charge in [-0.2, -0.15) is 0 Å². The molecule has 2 aromatic rings. The van der Waals surface area contributed by atoms with Crippen LogP contribution in [0.3, 0.4) is 0 Å². The molecule has 0 saturated carbocycles. The van der Waals surface area contributed by atoms with Gasteiger partial charge < -0.3 is 9.47 Å². The molecule has 0 bridgehead atoms.